The van der Waals surface area contributed by atoms with Gasteiger partial charge >= 0.3 is 0 Å². The molecular weight excluding hydrogens is 514 g/mol. The number of carbonyl (C=O) groups excluding carboxylic acids is 1. The number of ether oxygens (including phenoxy) is 3. The Morgan fingerprint density at radius 1 is 1.03 bits per heavy atom. The zero-order valence-corrected chi connectivity index (χ0v) is 22.0. The molecule has 0 spiro atoms. The number of methoxy groups -OCH3 is 2. The molecule has 0 unspecified atom stereocenters. The molecule has 1 heterocycles. The summed E-state index contributed by atoms with van der Waals surface area (Å²) in [6, 6.07) is 19.9. The molecule has 0 aliphatic carbocycles. The second-order valence-electron chi connectivity index (χ2n) is 8.00. The molecule has 0 atom stereocenters. The molecule has 1 aliphatic rings. The van der Waals surface area contributed by atoms with Gasteiger partial charge in [-0.1, -0.05) is 18.2 Å². The van der Waals surface area contributed by atoms with Crippen molar-refractivity contribution in [1.29, 1.82) is 0 Å². The van der Waals surface area contributed by atoms with Gasteiger partial charge in [-0.3, -0.25) is 9.10 Å². The van der Waals surface area contributed by atoms with E-state index in [4.69, 9.17) is 14.2 Å². The van der Waals surface area contributed by atoms with Crippen LogP contribution in [0.5, 0.6) is 17.2 Å². The van der Waals surface area contributed by atoms with Gasteiger partial charge in [-0.2, -0.15) is 16.9 Å². The first-order valence-electron chi connectivity index (χ1n) is 11.4. The number of sulfonamides is 1. The second kappa shape index (κ2) is 12.0. The van der Waals surface area contributed by atoms with Crippen molar-refractivity contribution in [3.63, 3.8) is 0 Å². The number of benzene rings is 3. The topological polar surface area (TPSA) is 107 Å². The van der Waals surface area contributed by atoms with Crippen molar-refractivity contribution in [2.45, 2.75) is 11.0 Å². The zero-order valence-electron chi connectivity index (χ0n) is 20.4. The van der Waals surface area contributed by atoms with E-state index < -0.39 is 22.5 Å². The van der Waals surface area contributed by atoms with Crippen LogP contribution in [0.15, 0.2) is 82.8 Å². The normalized spacial score (nSPS) is 13.6. The molecule has 3 aromatic rings. The lowest BCUT2D eigenvalue weighted by Gasteiger charge is -2.25. The van der Waals surface area contributed by atoms with Gasteiger partial charge in [0.15, 0.2) is 0 Å². The predicted octanol–water partition coefficient (Wildman–Crippen LogP) is 3.54. The lowest BCUT2D eigenvalue weighted by Crippen LogP contribution is -2.39. The third kappa shape index (κ3) is 6.55. The molecule has 4 rings (SSSR count). The average Bonchev–Trinajstić information content (AvgIpc) is 2.90. The number of hydrazone groups is 1. The minimum Gasteiger partial charge on any atom is -0.497 e. The Morgan fingerprint density at radius 3 is 2.35 bits per heavy atom. The first-order valence-corrected chi connectivity index (χ1v) is 14.0. The van der Waals surface area contributed by atoms with Gasteiger partial charge in [-0.05, 0) is 54.1 Å². The highest BCUT2D eigenvalue weighted by atomic mass is 32.2. The number of hydrogen-bond donors (Lipinski definition) is 1. The summed E-state index contributed by atoms with van der Waals surface area (Å²) in [7, 11) is -1.20. The monoisotopic (exact) mass is 541 g/mol. The minimum atomic E-state index is -4.11. The molecule has 1 aliphatic heterocycles. The molecule has 1 N–H and O–H groups in total. The summed E-state index contributed by atoms with van der Waals surface area (Å²) >= 11 is 1.85. The number of nitrogens with one attached hydrogen (secondary N) is 1. The Balaban J connectivity index is 1.50. The fourth-order valence-corrected chi connectivity index (χ4v) is 5.48. The van der Waals surface area contributed by atoms with E-state index in [9.17, 15) is 13.2 Å². The van der Waals surface area contributed by atoms with Crippen LogP contribution in [-0.2, 0) is 14.8 Å². The lowest BCUT2D eigenvalue weighted by molar-refractivity contribution is -0.119. The maximum Gasteiger partial charge on any atom is 0.264 e. The number of nitrogens with zero attached hydrogens (tertiary/aromatic N) is 2. The number of anilines is 1. The van der Waals surface area contributed by atoms with Crippen LogP contribution in [0.1, 0.15) is 5.56 Å². The van der Waals surface area contributed by atoms with Crippen molar-refractivity contribution in [1.82, 2.24) is 5.43 Å². The molecule has 3 aromatic carbocycles. The van der Waals surface area contributed by atoms with E-state index in [-0.39, 0.29) is 22.4 Å². The van der Waals surface area contributed by atoms with Crippen LogP contribution in [0.3, 0.4) is 0 Å². The Hall–Kier alpha value is -3.70. The number of amides is 1. The van der Waals surface area contributed by atoms with Crippen LogP contribution in [0, 0.1) is 0 Å². The molecule has 0 radical (unpaired) electrons. The van der Waals surface area contributed by atoms with Crippen LogP contribution in [0.25, 0.3) is 0 Å². The predicted molar refractivity (Wildman–Crippen MR) is 144 cm³/mol. The van der Waals surface area contributed by atoms with Crippen LogP contribution in [-0.4, -0.2) is 58.9 Å². The fraction of sp³-hybridized carbons (Fsp3) is 0.231. The van der Waals surface area contributed by atoms with E-state index in [1.165, 1.54) is 38.6 Å². The Morgan fingerprint density at radius 2 is 1.73 bits per heavy atom. The molecule has 37 heavy (non-hydrogen) atoms. The molecule has 1 saturated heterocycles. The van der Waals surface area contributed by atoms with Crippen molar-refractivity contribution in [2.75, 3.05) is 36.6 Å². The van der Waals surface area contributed by atoms with Gasteiger partial charge in [0, 0.05) is 17.6 Å². The van der Waals surface area contributed by atoms with Crippen molar-refractivity contribution >= 4 is 39.6 Å². The van der Waals surface area contributed by atoms with E-state index in [2.05, 4.69) is 10.5 Å². The first kappa shape index (κ1) is 26.4. The highest BCUT2D eigenvalue weighted by Crippen LogP contribution is 2.35. The maximum absolute atomic E-state index is 13.5. The summed E-state index contributed by atoms with van der Waals surface area (Å²) in [5.41, 5.74) is 3.34. The Bertz CT molecular complexity index is 1340. The molecular formula is C26H27N3O6S2. The van der Waals surface area contributed by atoms with Gasteiger partial charge in [-0.25, -0.2) is 13.8 Å². The smallest absolute Gasteiger partial charge is 0.264 e. The van der Waals surface area contributed by atoms with Crippen molar-refractivity contribution < 1.29 is 27.4 Å². The van der Waals surface area contributed by atoms with Crippen LogP contribution < -0.4 is 23.9 Å². The van der Waals surface area contributed by atoms with E-state index in [1.54, 1.807) is 30.3 Å². The van der Waals surface area contributed by atoms with E-state index in [0.29, 0.717) is 5.75 Å². The first-order chi connectivity index (χ1) is 17.9. The molecule has 0 bridgehead atoms. The van der Waals surface area contributed by atoms with E-state index >= 15 is 0 Å². The molecule has 9 nitrogen and oxygen atoms in total. The lowest BCUT2D eigenvalue weighted by atomic mass is 10.2. The van der Waals surface area contributed by atoms with Crippen LogP contribution in [0.2, 0.25) is 0 Å². The third-order valence-corrected chi connectivity index (χ3v) is 8.46. The van der Waals surface area contributed by atoms with Crippen LogP contribution >= 0.6 is 11.8 Å². The number of rotatable bonds is 11. The van der Waals surface area contributed by atoms with Gasteiger partial charge < -0.3 is 14.2 Å². The maximum atomic E-state index is 13.5. The number of carbonyl (C=O) groups is 1. The molecule has 1 amide bonds. The number of hydrogen-bond acceptors (Lipinski definition) is 8. The van der Waals surface area contributed by atoms with Gasteiger partial charge in [-0.15, -0.1) is 0 Å². The van der Waals surface area contributed by atoms with Crippen molar-refractivity contribution in [3.8, 4) is 17.2 Å². The summed E-state index contributed by atoms with van der Waals surface area (Å²) in [5, 5.41) is 3.99. The molecule has 11 heteroatoms. The second-order valence-corrected chi connectivity index (χ2v) is 10.9. The highest BCUT2D eigenvalue weighted by Gasteiger charge is 2.29. The van der Waals surface area contributed by atoms with Crippen molar-refractivity contribution in [3.05, 3.63) is 78.4 Å². The fourth-order valence-electron chi connectivity index (χ4n) is 3.46. The standard InChI is InChI=1S/C26H27N3O6S2/c1-33-21-12-13-24(25(14-21)34-2)29(37(31,32)23-6-4-3-5-7-23)16-26(30)28-27-15-19-8-10-20(11-9-19)35-22-17-36-18-22/h3-15,22H,16-18H2,1-2H3,(H,28,30)/b27-15-. The largest absolute Gasteiger partial charge is 0.497 e. The minimum absolute atomic E-state index is 0.0342. The molecule has 0 aromatic heterocycles. The van der Waals surface area contributed by atoms with Crippen LogP contribution in [0.4, 0.5) is 5.69 Å². The molecule has 0 saturated carbocycles. The molecule has 194 valence electrons. The zero-order chi connectivity index (χ0) is 26.3. The Kier molecular flexibility index (Phi) is 8.57. The summed E-state index contributed by atoms with van der Waals surface area (Å²) in [4.78, 5) is 12.8. The Labute approximate surface area is 220 Å². The highest BCUT2D eigenvalue weighted by molar-refractivity contribution is 8.00. The summed E-state index contributed by atoms with van der Waals surface area (Å²) < 4.78 is 44.5. The SMILES string of the molecule is COc1ccc(N(CC(=O)N/N=C\c2ccc(OC3CSC3)cc2)S(=O)(=O)c2ccccc2)c(OC)c1. The summed E-state index contributed by atoms with van der Waals surface area (Å²) in [6.07, 6.45) is 1.73. The summed E-state index contributed by atoms with van der Waals surface area (Å²) in [6.45, 7) is -0.524. The van der Waals surface area contributed by atoms with E-state index in [0.717, 1.165) is 27.1 Å². The number of thioether (sulfide) groups is 1. The van der Waals surface area contributed by atoms with Crippen molar-refractivity contribution in [2.24, 2.45) is 5.10 Å². The van der Waals surface area contributed by atoms with Gasteiger partial charge in [0.1, 0.15) is 29.9 Å². The summed E-state index contributed by atoms with van der Waals surface area (Å²) in [5.74, 6) is 2.86. The van der Waals surface area contributed by atoms with Gasteiger partial charge in [0.25, 0.3) is 15.9 Å². The molecule has 1 fully saturated rings. The average molecular weight is 542 g/mol. The van der Waals surface area contributed by atoms with Gasteiger partial charge in [0.2, 0.25) is 0 Å². The third-order valence-electron chi connectivity index (χ3n) is 5.47. The van der Waals surface area contributed by atoms with E-state index in [1.807, 2.05) is 36.0 Å². The quantitative estimate of drug-likeness (QED) is 0.292. The van der Waals surface area contributed by atoms with Gasteiger partial charge in [0.05, 0.1) is 31.0 Å².